The second kappa shape index (κ2) is 6.55. The number of methoxy groups -OCH3 is 1. The first-order chi connectivity index (χ1) is 12.3. The minimum Gasteiger partial charge on any atom is -0.493 e. The molecule has 0 aliphatic carbocycles. The second-order valence-corrected chi connectivity index (χ2v) is 5.99. The molecule has 1 aliphatic rings. The van der Waals surface area contributed by atoms with Gasteiger partial charge in [-0.15, -0.1) is 0 Å². The first-order valence-corrected chi connectivity index (χ1v) is 8.18. The standard InChI is InChI=1S/C19H18FN3O2/c1-24-19-16(20)6-5-13(23-19)9-15(17-10-21-11-22-17)14-4-2-3-12-7-8-25-18(12)14/h2-6,10-11,15H,7-9H2,1H3,(H,21,22). The highest BCUT2D eigenvalue weighted by Gasteiger charge is 2.25. The maximum atomic E-state index is 13.7. The topological polar surface area (TPSA) is 60.0 Å². The van der Waals surface area contributed by atoms with Crippen LogP contribution in [-0.2, 0) is 12.8 Å². The molecule has 0 amide bonds. The highest BCUT2D eigenvalue weighted by Crippen LogP contribution is 2.38. The molecule has 128 valence electrons. The van der Waals surface area contributed by atoms with Crippen LogP contribution in [0.5, 0.6) is 11.6 Å². The number of halogens is 1. The van der Waals surface area contributed by atoms with Gasteiger partial charge in [-0.3, -0.25) is 0 Å². The Kier molecular flexibility index (Phi) is 4.09. The lowest BCUT2D eigenvalue weighted by Crippen LogP contribution is -2.09. The summed E-state index contributed by atoms with van der Waals surface area (Å²) in [5, 5.41) is 0. The van der Waals surface area contributed by atoms with Gasteiger partial charge in [-0.2, -0.15) is 0 Å². The van der Waals surface area contributed by atoms with Crippen LogP contribution in [0.15, 0.2) is 42.9 Å². The third kappa shape index (κ3) is 2.95. The fourth-order valence-electron chi connectivity index (χ4n) is 3.29. The van der Waals surface area contributed by atoms with Crippen molar-refractivity contribution in [1.29, 1.82) is 0 Å². The number of hydrogen-bond donors (Lipinski definition) is 1. The SMILES string of the molecule is COc1nc(CC(c2cnc[nH]2)c2cccc3c2OCC3)ccc1F. The van der Waals surface area contributed by atoms with Crippen LogP contribution in [0, 0.1) is 5.82 Å². The van der Waals surface area contributed by atoms with Gasteiger partial charge in [0, 0.05) is 41.9 Å². The van der Waals surface area contributed by atoms with Crippen molar-refractivity contribution in [2.45, 2.75) is 18.8 Å². The van der Waals surface area contributed by atoms with Crippen LogP contribution >= 0.6 is 0 Å². The van der Waals surface area contributed by atoms with Gasteiger partial charge in [0.25, 0.3) is 0 Å². The van der Waals surface area contributed by atoms with E-state index in [1.165, 1.54) is 18.7 Å². The molecule has 3 heterocycles. The Balaban J connectivity index is 1.75. The molecule has 5 nitrogen and oxygen atoms in total. The van der Waals surface area contributed by atoms with Gasteiger partial charge in [0.15, 0.2) is 5.82 Å². The van der Waals surface area contributed by atoms with Gasteiger partial charge < -0.3 is 14.5 Å². The summed E-state index contributed by atoms with van der Waals surface area (Å²) in [4.78, 5) is 11.6. The van der Waals surface area contributed by atoms with E-state index in [2.05, 4.69) is 27.1 Å². The van der Waals surface area contributed by atoms with Crippen LogP contribution in [0.3, 0.4) is 0 Å². The molecule has 0 spiro atoms. The van der Waals surface area contributed by atoms with E-state index < -0.39 is 5.82 Å². The number of nitrogens with zero attached hydrogens (tertiary/aromatic N) is 2. The van der Waals surface area contributed by atoms with Crippen LogP contribution in [0.25, 0.3) is 0 Å². The van der Waals surface area contributed by atoms with Crippen molar-refractivity contribution in [3.8, 4) is 11.6 Å². The molecule has 0 radical (unpaired) electrons. The number of imidazole rings is 1. The summed E-state index contributed by atoms with van der Waals surface area (Å²) in [6.45, 7) is 0.699. The summed E-state index contributed by atoms with van der Waals surface area (Å²) in [5.74, 6) is 0.470. The Morgan fingerprint density at radius 3 is 3.04 bits per heavy atom. The summed E-state index contributed by atoms with van der Waals surface area (Å²) < 4.78 is 24.5. The van der Waals surface area contributed by atoms with E-state index in [0.717, 1.165) is 29.1 Å². The zero-order valence-corrected chi connectivity index (χ0v) is 13.8. The molecule has 0 saturated heterocycles. The molecular formula is C19H18FN3O2. The van der Waals surface area contributed by atoms with Crippen LogP contribution in [0.4, 0.5) is 4.39 Å². The average Bonchev–Trinajstić information content (AvgIpc) is 3.32. The number of fused-ring (bicyclic) bond motifs is 1. The minimum atomic E-state index is -0.465. The molecule has 6 heteroatoms. The van der Waals surface area contributed by atoms with Crippen LogP contribution in [0.1, 0.15) is 28.4 Å². The molecule has 25 heavy (non-hydrogen) atoms. The molecule has 0 fully saturated rings. The third-order valence-electron chi connectivity index (χ3n) is 4.49. The number of nitrogens with one attached hydrogen (secondary N) is 1. The van der Waals surface area contributed by atoms with Crippen molar-refractivity contribution in [2.75, 3.05) is 13.7 Å². The molecule has 1 unspecified atom stereocenters. The lowest BCUT2D eigenvalue weighted by Gasteiger charge is -2.19. The maximum absolute atomic E-state index is 13.7. The van der Waals surface area contributed by atoms with E-state index in [4.69, 9.17) is 9.47 Å². The lowest BCUT2D eigenvalue weighted by molar-refractivity contribution is 0.351. The van der Waals surface area contributed by atoms with Gasteiger partial charge in [-0.25, -0.2) is 14.4 Å². The smallest absolute Gasteiger partial charge is 0.250 e. The predicted molar refractivity (Wildman–Crippen MR) is 90.5 cm³/mol. The van der Waals surface area contributed by atoms with Crippen LogP contribution in [-0.4, -0.2) is 28.7 Å². The maximum Gasteiger partial charge on any atom is 0.250 e. The summed E-state index contributed by atoms with van der Waals surface area (Å²) in [6, 6.07) is 9.28. The summed E-state index contributed by atoms with van der Waals surface area (Å²) in [7, 11) is 1.42. The molecule has 0 saturated carbocycles. The number of hydrogen-bond acceptors (Lipinski definition) is 4. The van der Waals surface area contributed by atoms with Gasteiger partial charge in [-0.05, 0) is 17.7 Å². The van der Waals surface area contributed by atoms with Crippen molar-refractivity contribution in [3.05, 3.63) is 71.2 Å². The van der Waals surface area contributed by atoms with E-state index in [-0.39, 0.29) is 11.8 Å². The Bertz CT molecular complexity index is 880. The Labute approximate surface area is 144 Å². The van der Waals surface area contributed by atoms with E-state index in [1.807, 2.05) is 6.07 Å². The number of benzene rings is 1. The van der Waals surface area contributed by atoms with E-state index in [9.17, 15) is 4.39 Å². The summed E-state index contributed by atoms with van der Waals surface area (Å²) >= 11 is 0. The highest BCUT2D eigenvalue weighted by molar-refractivity contribution is 5.48. The van der Waals surface area contributed by atoms with Crippen molar-refractivity contribution < 1.29 is 13.9 Å². The normalized spacial score (nSPS) is 14.0. The largest absolute Gasteiger partial charge is 0.493 e. The monoisotopic (exact) mass is 339 g/mol. The number of rotatable bonds is 5. The molecular weight excluding hydrogens is 321 g/mol. The van der Waals surface area contributed by atoms with Crippen molar-refractivity contribution in [1.82, 2.24) is 15.0 Å². The van der Waals surface area contributed by atoms with E-state index in [1.54, 1.807) is 18.6 Å². The Morgan fingerprint density at radius 1 is 1.32 bits per heavy atom. The Morgan fingerprint density at radius 2 is 2.24 bits per heavy atom. The number of ether oxygens (including phenoxy) is 2. The van der Waals surface area contributed by atoms with E-state index >= 15 is 0 Å². The molecule has 3 aromatic rings. The minimum absolute atomic E-state index is 0.00963. The number of aromatic nitrogens is 3. The molecule has 1 aliphatic heterocycles. The molecule has 1 N–H and O–H groups in total. The molecule has 1 atom stereocenters. The zero-order valence-electron chi connectivity index (χ0n) is 13.8. The van der Waals surface area contributed by atoms with Gasteiger partial charge in [0.1, 0.15) is 5.75 Å². The van der Waals surface area contributed by atoms with Gasteiger partial charge in [0.2, 0.25) is 5.88 Å². The zero-order chi connectivity index (χ0) is 17.2. The van der Waals surface area contributed by atoms with Crippen molar-refractivity contribution in [3.63, 3.8) is 0 Å². The third-order valence-corrected chi connectivity index (χ3v) is 4.49. The van der Waals surface area contributed by atoms with Crippen LogP contribution < -0.4 is 9.47 Å². The van der Waals surface area contributed by atoms with Crippen molar-refractivity contribution >= 4 is 0 Å². The number of para-hydroxylation sites is 1. The van der Waals surface area contributed by atoms with Crippen LogP contribution in [0.2, 0.25) is 0 Å². The second-order valence-electron chi connectivity index (χ2n) is 5.99. The Hall–Kier alpha value is -2.89. The highest BCUT2D eigenvalue weighted by atomic mass is 19.1. The average molecular weight is 339 g/mol. The van der Waals surface area contributed by atoms with E-state index in [0.29, 0.717) is 13.0 Å². The van der Waals surface area contributed by atoms with Gasteiger partial charge in [0.05, 0.1) is 20.0 Å². The lowest BCUT2D eigenvalue weighted by atomic mass is 9.89. The number of pyridine rings is 1. The number of aromatic amines is 1. The molecule has 2 aromatic heterocycles. The molecule has 0 bridgehead atoms. The molecule has 4 rings (SSSR count). The number of H-pyrrole nitrogens is 1. The molecule has 1 aromatic carbocycles. The quantitative estimate of drug-likeness (QED) is 0.775. The van der Waals surface area contributed by atoms with Gasteiger partial charge >= 0.3 is 0 Å². The summed E-state index contributed by atoms with van der Waals surface area (Å²) in [6.07, 6.45) is 4.96. The predicted octanol–water partition coefficient (Wildman–Crippen LogP) is 3.26. The fourth-order valence-corrected chi connectivity index (χ4v) is 3.29. The fraction of sp³-hybridized carbons (Fsp3) is 0.263. The van der Waals surface area contributed by atoms with Crippen molar-refractivity contribution in [2.24, 2.45) is 0 Å². The summed E-state index contributed by atoms with van der Waals surface area (Å²) in [5.41, 5.74) is 4.01. The van der Waals surface area contributed by atoms with Gasteiger partial charge in [-0.1, -0.05) is 18.2 Å². The first kappa shape index (κ1) is 15.6. The first-order valence-electron chi connectivity index (χ1n) is 8.18.